The quantitative estimate of drug-likeness (QED) is 0.774. The van der Waals surface area contributed by atoms with Crippen LogP contribution in [0.15, 0.2) is 22.7 Å². The number of Topliss-reactive ketones (excluding diaryl/α,β-unsaturated/α-hetero) is 1. The summed E-state index contributed by atoms with van der Waals surface area (Å²) in [5, 5.41) is 4.65. The Morgan fingerprint density at radius 1 is 1.50 bits per heavy atom. The van der Waals surface area contributed by atoms with Crippen LogP contribution < -0.4 is 0 Å². The number of hydrogen-bond acceptors (Lipinski definition) is 2. The number of benzene rings is 1. The van der Waals surface area contributed by atoms with Gasteiger partial charge in [0.2, 0.25) is 0 Å². The third-order valence-corrected chi connectivity index (χ3v) is 4.21. The fourth-order valence-electron chi connectivity index (χ4n) is 1.97. The Morgan fingerprint density at radius 3 is 2.80 bits per heavy atom. The first-order valence-electron chi connectivity index (χ1n) is 6.12. The summed E-state index contributed by atoms with van der Waals surface area (Å²) < 4.78 is 16.1. The lowest BCUT2D eigenvalue weighted by Gasteiger charge is -2.05. The Morgan fingerprint density at radius 2 is 2.20 bits per heavy atom. The zero-order chi connectivity index (χ0) is 14.9. The molecule has 2 rings (SSSR count). The average Bonchev–Trinajstić information content (AvgIpc) is 2.68. The molecule has 20 heavy (non-hydrogen) atoms. The lowest BCUT2D eigenvalue weighted by molar-refractivity contribution is 0.0986. The molecule has 1 aromatic carbocycles. The third-order valence-electron chi connectivity index (χ3n) is 3.06. The number of carbonyl (C=O) groups excluding carboxylic acids is 1. The van der Waals surface area contributed by atoms with Gasteiger partial charge in [0.05, 0.1) is 27.8 Å². The van der Waals surface area contributed by atoms with Crippen LogP contribution in [0.3, 0.4) is 0 Å². The van der Waals surface area contributed by atoms with E-state index in [0.29, 0.717) is 5.02 Å². The summed E-state index contributed by atoms with van der Waals surface area (Å²) in [5.74, 6) is -0.884. The van der Waals surface area contributed by atoms with E-state index in [-0.39, 0.29) is 17.8 Å². The van der Waals surface area contributed by atoms with Crippen molar-refractivity contribution in [2.24, 2.45) is 7.05 Å². The van der Waals surface area contributed by atoms with E-state index in [0.717, 1.165) is 22.3 Å². The Balaban J connectivity index is 2.33. The van der Waals surface area contributed by atoms with Gasteiger partial charge in [-0.15, -0.1) is 0 Å². The van der Waals surface area contributed by atoms with E-state index in [1.165, 1.54) is 18.2 Å². The number of aromatic nitrogens is 2. The van der Waals surface area contributed by atoms with Gasteiger partial charge in [-0.2, -0.15) is 5.10 Å². The Hall–Kier alpha value is -1.20. The molecule has 0 radical (unpaired) electrons. The molecular formula is C14H13BrClFN2O. The number of carbonyl (C=O) groups is 1. The van der Waals surface area contributed by atoms with Gasteiger partial charge in [0.25, 0.3) is 0 Å². The van der Waals surface area contributed by atoms with E-state index < -0.39 is 5.82 Å². The smallest absolute Gasteiger partial charge is 0.171 e. The van der Waals surface area contributed by atoms with E-state index in [1.54, 1.807) is 11.7 Å². The molecule has 0 spiro atoms. The van der Waals surface area contributed by atoms with Gasteiger partial charge in [-0.05, 0) is 40.5 Å². The number of nitrogens with zero attached hydrogens (tertiary/aromatic N) is 2. The van der Waals surface area contributed by atoms with Crippen LogP contribution in [0.25, 0.3) is 0 Å². The lowest BCUT2D eigenvalue weighted by atomic mass is 10.1. The van der Waals surface area contributed by atoms with E-state index in [4.69, 9.17) is 11.6 Å². The van der Waals surface area contributed by atoms with Gasteiger partial charge in [0.15, 0.2) is 5.78 Å². The predicted molar refractivity (Wildman–Crippen MR) is 79.7 cm³/mol. The summed E-state index contributed by atoms with van der Waals surface area (Å²) in [6.45, 7) is 1.98. The van der Waals surface area contributed by atoms with Gasteiger partial charge in [-0.25, -0.2) is 4.39 Å². The third kappa shape index (κ3) is 2.94. The number of hydrogen-bond donors (Lipinski definition) is 0. The SMILES string of the molecule is CCc1nn(C)c(CC(=O)c2cc(Cl)ccc2F)c1Br. The normalized spacial score (nSPS) is 10.8. The summed E-state index contributed by atoms with van der Waals surface area (Å²) >= 11 is 9.25. The van der Waals surface area contributed by atoms with Gasteiger partial charge in [0.1, 0.15) is 5.82 Å². The molecule has 2 aromatic rings. The van der Waals surface area contributed by atoms with Crippen LogP contribution in [0, 0.1) is 5.82 Å². The number of halogens is 3. The monoisotopic (exact) mass is 358 g/mol. The standard InChI is InChI=1S/C14H13BrClFN2O/c1-3-11-14(15)12(19(2)18-11)7-13(20)9-6-8(16)4-5-10(9)17/h4-6H,3,7H2,1-2H3. The van der Waals surface area contributed by atoms with Crippen LogP contribution in [0.4, 0.5) is 4.39 Å². The van der Waals surface area contributed by atoms with Crippen LogP contribution in [0.2, 0.25) is 5.02 Å². The highest BCUT2D eigenvalue weighted by Gasteiger charge is 2.19. The van der Waals surface area contributed by atoms with Crippen molar-refractivity contribution in [3.8, 4) is 0 Å². The minimum atomic E-state index is -0.562. The molecule has 0 aliphatic rings. The largest absolute Gasteiger partial charge is 0.294 e. The molecule has 3 nitrogen and oxygen atoms in total. The van der Waals surface area contributed by atoms with Crippen molar-refractivity contribution in [3.63, 3.8) is 0 Å². The zero-order valence-corrected chi connectivity index (χ0v) is 13.4. The van der Waals surface area contributed by atoms with Gasteiger partial charge in [-0.1, -0.05) is 18.5 Å². The van der Waals surface area contributed by atoms with E-state index >= 15 is 0 Å². The molecule has 0 unspecified atom stereocenters. The van der Waals surface area contributed by atoms with Crippen molar-refractivity contribution in [3.05, 3.63) is 50.5 Å². The second kappa shape index (κ2) is 6.06. The summed E-state index contributed by atoms with van der Waals surface area (Å²) in [5.41, 5.74) is 1.61. The molecule has 1 aromatic heterocycles. The average molecular weight is 360 g/mol. The lowest BCUT2D eigenvalue weighted by Crippen LogP contribution is -2.10. The first kappa shape index (κ1) is 15.2. The van der Waals surface area contributed by atoms with Gasteiger partial charge in [0, 0.05) is 12.1 Å². The van der Waals surface area contributed by atoms with Crippen molar-refractivity contribution in [1.29, 1.82) is 0 Å². The summed E-state index contributed by atoms with van der Waals surface area (Å²) in [6.07, 6.45) is 0.829. The van der Waals surface area contributed by atoms with Crippen molar-refractivity contribution >= 4 is 33.3 Å². The van der Waals surface area contributed by atoms with Crippen LogP contribution >= 0.6 is 27.5 Å². The summed E-state index contributed by atoms with van der Waals surface area (Å²) in [4.78, 5) is 12.2. The number of rotatable bonds is 4. The molecule has 106 valence electrons. The minimum absolute atomic E-state index is 0.00338. The second-order valence-corrected chi connectivity index (χ2v) is 5.64. The van der Waals surface area contributed by atoms with Crippen molar-refractivity contribution < 1.29 is 9.18 Å². The molecule has 1 heterocycles. The maximum absolute atomic E-state index is 13.7. The van der Waals surface area contributed by atoms with Crippen LogP contribution in [-0.4, -0.2) is 15.6 Å². The molecule has 0 saturated carbocycles. The second-order valence-electron chi connectivity index (χ2n) is 4.41. The van der Waals surface area contributed by atoms with Gasteiger partial charge >= 0.3 is 0 Å². The van der Waals surface area contributed by atoms with Gasteiger partial charge in [-0.3, -0.25) is 9.48 Å². The fraction of sp³-hybridized carbons (Fsp3) is 0.286. The minimum Gasteiger partial charge on any atom is -0.294 e. The first-order valence-corrected chi connectivity index (χ1v) is 7.29. The molecule has 0 amide bonds. The summed E-state index contributed by atoms with van der Waals surface area (Å²) in [7, 11) is 1.76. The highest BCUT2D eigenvalue weighted by atomic mass is 79.9. The van der Waals surface area contributed by atoms with Gasteiger partial charge < -0.3 is 0 Å². The summed E-state index contributed by atoms with van der Waals surface area (Å²) in [6, 6.07) is 3.97. The van der Waals surface area contributed by atoms with Crippen molar-refractivity contribution in [2.45, 2.75) is 19.8 Å². The Bertz CT molecular complexity index is 669. The maximum Gasteiger partial charge on any atom is 0.171 e. The maximum atomic E-state index is 13.7. The Labute approximate surface area is 129 Å². The Kier molecular flexibility index (Phi) is 4.60. The molecule has 0 bridgehead atoms. The zero-order valence-electron chi connectivity index (χ0n) is 11.1. The van der Waals surface area contributed by atoms with Crippen LogP contribution in [-0.2, 0) is 19.9 Å². The van der Waals surface area contributed by atoms with Crippen molar-refractivity contribution in [2.75, 3.05) is 0 Å². The fourth-order valence-corrected chi connectivity index (χ4v) is 2.90. The van der Waals surface area contributed by atoms with Crippen LogP contribution in [0.1, 0.15) is 28.7 Å². The molecule has 0 aliphatic carbocycles. The van der Waals surface area contributed by atoms with E-state index in [2.05, 4.69) is 21.0 Å². The van der Waals surface area contributed by atoms with Crippen molar-refractivity contribution in [1.82, 2.24) is 9.78 Å². The highest BCUT2D eigenvalue weighted by Crippen LogP contribution is 2.24. The van der Waals surface area contributed by atoms with E-state index in [9.17, 15) is 9.18 Å². The predicted octanol–water partition coefficient (Wildman–Crippen LogP) is 3.96. The molecular weight excluding hydrogens is 347 g/mol. The number of aryl methyl sites for hydroxylation is 2. The first-order chi connectivity index (χ1) is 9.43. The number of ketones is 1. The van der Waals surface area contributed by atoms with Crippen LogP contribution in [0.5, 0.6) is 0 Å². The molecule has 0 saturated heterocycles. The topological polar surface area (TPSA) is 34.9 Å². The molecule has 0 fully saturated rings. The van der Waals surface area contributed by atoms with E-state index in [1.807, 2.05) is 6.92 Å². The molecule has 6 heteroatoms. The molecule has 0 aliphatic heterocycles. The molecule has 0 atom stereocenters. The highest BCUT2D eigenvalue weighted by molar-refractivity contribution is 9.10. The molecule has 0 N–H and O–H groups in total.